The van der Waals surface area contributed by atoms with Gasteiger partial charge in [-0.1, -0.05) is 0 Å². The first kappa shape index (κ1) is 12.8. The van der Waals surface area contributed by atoms with Crippen LogP contribution in [0.3, 0.4) is 0 Å². The van der Waals surface area contributed by atoms with Crippen molar-refractivity contribution in [3.8, 4) is 11.5 Å². The van der Waals surface area contributed by atoms with Crippen LogP contribution in [0.2, 0.25) is 0 Å². The number of hydrogen-bond donors (Lipinski definition) is 2. The minimum absolute atomic E-state index is 0.123. The van der Waals surface area contributed by atoms with Gasteiger partial charge in [0, 0.05) is 6.07 Å². The summed E-state index contributed by atoms with van der Waals surface area (Å²) in [4.78, 5) is 20.7. The van der Waals surface area contributed by atoms with Crippen molar-refractivity contribution in [2.45, 2.75) is 12.8 Å². The van der Waals surface area contributed by atoms with E-state index in [4.69, 9.17) is 9.84 Å². The largest absolute Gasteiger partial charge is 0.500 e. The third-order valence-corrected chi connectivity index (χ3v) is 2.36. The first-order valence-electron chi connectivity index (χ1n) is 4.66. The maximum absolute atomic E-state index is 10.8. The fourth-order valence-electron chi connectivity index (χ4n) is 1.30. The maximum atomic E-state index is 10.8. The van der Waals surface area contributed by atoms with E-state index >= 15 is 0 Å². The molecule has 0 fully saturated rings. The Hall–Kier alpha value is -2.31. The van der Waals surface area contributed by atoms with E-state index in [1.807, 2.05) is 0 Å². The lowest BCUT2D eigenvalue weighted by atomic mass is 10.00. The fourth-order valence-corrected chi connectivity index (χ4v) is 1.30. The average molecular weight is 241 g/mol. The first-order chi connectivity index (χ1) is 7.88. The molecule has 0 saturated carbocycles. The zero-order valence-corrected chi connectivity index (χ0v) is 9.21. The Morgan fingerprint density at radius 3 is 2.53 bits per heavy atom. The van der Waals surface area contributed by atoms with Gasteiger partial charge < -0.3 is 14.9 Å². The van der Waals surface area contributed by atoms with E-state index in [0.29, 0.717) is 0 Å². The van der Waals surface area contributed by atoms with Crippen LogP contribution in [0.15, 0.2) is 12.1 Å². The number of aliphatic carboxylic acids is 1. The molecule has 0 aliphatic carbocycles. The van der Waals surface area contributed by atoms with E-state index in [0.717, 1.165) is 6.07 Å². The van der Waals surface area contributed by atoms with Gasteiger partial charge >= 0.3 is 11.7 Å². The molecule has 0 saturated heterocycles. The number of carboxylic acids is 1. The third-order valence-electron chi connectivity index (χ3n) is 2.36. The summed E-state index contributed by atoms with van der Waals surface area (Å²) in [5, 5.41) is 29.0. The zero-order valence-electron chi connectivity index (χ0n) is 9.21. The lowest BCUT2D eigenvalue weighted by Gasteiger charge is -2.10. The van der Waals surface area contributed by atoms with Crippen molar-refractivity contribution in [2.24, 2.45) is 0 Å². The normalized spacial score (nSPS) is 11.9. The fraction of sp³-hybridized carbons (Fsp3) is 0.300. The molecule has 92 valence electrons. The smallest absolute Gasteiger partial charge is 0.314 e. The van der Waals surface area contributed by atoms with Gasteiger partial charge in [0.05, 0.1) is 18.0 Å². The topological polar surface area (TPSA) is 110 Å². The van der Waals surface area contributed by atoms with Gasteiger partial charge in [-0.25, -0.2) is 0 Å². The molecule has 0 aromatic heterocycles. The number of nitrogens with zero attached hydrogens (tertiary/aromatic N) is 1. The molecular formula is C10H11NO6. The van der Waals surface area contributed by atoms with Crippen LogP contribution in [-0.2, 0) is 4.79 Å². The van der Waals surface area contributed by atoms with Gasteiger partial charge in [-0.05, 0) is 18.6 Å². The van der Waals surface area contributed by atoms with Crippen LogP contribution in [0, 0.1) is 10.1 Å². The number of rotatable bonds is 4. The van der Waals surface area contributed by atoms with Crippen molar-refractivity contribution in [1.82, 2.24) is 0 Å². The highest BCUT2D eigenvalue weighted by atomic mass is 16.6. The van der Waals surface area contributed by atoms with Crippen molar-refractivity contribution < 1.29 is 24.7 Å². The Balaban J connectivity index is 3.39. The first-order valence-corrected chi connectivity index (χ1v) is 4.66. The molecule has 0 bridgehead atoms. The maximum Gasteiger partial charge on any atom is 0.314 e. The van der Waals surface area contributed by atoms with E-state index in [1.165, 1.54) is 20.1 Å². The van der Waals surface area contributed by atoms with Crippen molar-refractivity contribution >= 4 is 11.7 Å². The number of nitro groups is 1. The Kier molecular flexibility index (Phi) is 3.52. The van der Waals surface area contributed by atoms with Gasteiger partial charge in [-0.15, -0.1) is 0 Å². The number of nitro benzene ring substituents is 1. The lowest BCUT2D eigenvalue weighted by molar-refractivity contribution is -0.386. The number of hydrogen-bond acceptors (Lipinski definition) is 5. The molecule has 1 rings (SSSR count). The lowest BCUT2D eigenvalue weighted by Crippen LogP contribution is -2.08. The number of aromatic hydroxyl groups is 1. The van der Waals surface area contributed by atoms with Gasteiger partial charge in [-0.2, -0.15) is 0 Å². The summed E-state index contributed by atoms with van der Waals surface area (Å²) in [5.74, 6) is -2.78. The molecule has 0 radical (unpaired) electrons. The van der Waals surface area contributed by atoms with Crippen LogP contribution in [0.4, 0.5) is 5.69 Å². The predicted molar refractivity (Wildman–Crippen MR) is 57.4 cm³/mol. The summed E-state index contributed by atoms with van der Waals surface area (Å²) < 4.78 is 4.76. The van der Waals surface area contributed by atoms with Crippen molar-refractivity contribution in [3.63, 3.8) is 0 Å². The number of carboxylic acid groups (broad SMARTS) is 1. The summed E-state index contributed by atoms with van der Waals surface area (Å²) in [5.41, 5.74) is -0.383. The van der Waals surface area contributed by atoms with Gasteiger partial charge in [0.15, 0.2) is 5.75 Å². The second-order valence-electron chi connectivity index (χ2n) is 3.41. The number of phenolic OH excluding ortho intramolecular Hbond substituents is 1. The van der Waals surface area contributed by atoms with Gasteiger partial charge in [0.25, 0.3) is 0 Å². The molecule has 1 aromatic carbocycles. The van der Waals surface area contributed by atoms with E-state index in [2.05, 4.69) is 0 Å². The van der Waals surface area contributed by atoms with Crippen LogP contribution < -0.4 is 4.74 Å². The standard InChI is InChI=1S/C10H11NO6/c1-5(10(13)14)6-3-7(11(15)16)9(12)8(4-6)17-2/h3-5,12H,1-2H3,(H,13,14). The Labute approximate surface area is 96.4 Å². The van der Waals surface area contributed by atoms with E-state index in [1.54, 1.807) is 0 Å². The summed E-state index contributed by atoms with van der Waals surface area (Å²) in [6, 6.07) is 2.29. The molecule has 7 heteroatoms. The summed E-state index contributed by atoms with van der Waals surface area (Å²) in [6.45, 7) is 1.39. The van der Waals surface area contributed by atoms with Crippen LogP contribution >= 0.6 is 0 Å². The summed E-state index contributed by atoms with van der Waals surface area (Å²) in [7, 11) is 1.23. The van der Waals surface area contributed by atoms with Gasteiger partial charge in [0.1, 0.15) is 0 Å². The summed E-state index contributed by atoms with van der Waals surface area (Å²) in [6.07, 6.45) is 0. The molecule has 2 N–H and O–H groups in total. The highest BCUT2D eigenvalue weighted by Gasteiger charge is 2.24. The second-order valence-corrected chi connectivity index (χ2v) is 3.41. The molecule has 0 aliphatic rings. The van der Waals surface area contributed by atoms with E-state index in [9.17, 15) is 20.0 Å². The molecule has 1 aromatic rings. The van der Waals surface area contributed by atoms with Crippen LogP contribution in [0.5, 0.6) is 11.5 Å². The van der Waals surface area contributed by atoms with Gasteiger partial charge in [-0.3, -0.25) is 14.9 Å². The monoisotopic (exact) mass is 241 g/mol. The Morgan fingerprint density at radius 1 is 1.53 bits per heavy atom. The molecule has 1 unspecified atom stereocenters. The average Bonchev–Trinajstić information content (AvgIpc) is 2.27. The SMILES string of the molecule is COc1cc(C(C)C(=O)O)cc([N+](=O)[O-])c1O. The van der Waals surface area contributed by atoms with Crippen LogP contribution in [0.1, 0.15) is 18.4 Å². The van der Waals surface area contributed by atoms with Crippen molar-refractivity contribution in [1.29, 1.82) is 0 Å². The molecule has 0 amide bonds. The second kappa shape index (κ2) is 4.69. The summed E-state index contributed by atoms with van der Waals surface area (Å²) >= 11 is 0. The van der Waals surface area contributed by atoms with Crippen molar-refractivity contribution in [2.75, 3.05) is 7.11 Å². The molecule has 0 aliphatic heterocycles. The number of phenols is 1. The molecular weight excluding hydrogens is 230 g/mol. The Morgan fingerprint density at radius 2 is 2.12 bits per heavy atom. The van der Waals surface area contributed by atoms with Crippen LogP contribution in [-0.4, -0.2) is 28.2 Å². The van der Waals surface area contributed by atoms with Crippen molar-refractivity contribution in [3.05, 3.63) is 27.8 Å². The molecule has 17 heavy (non-hydrogen) atoms. The number of methoxy groups -OCH3 is 1. The highest BCUT2D eigenvalue weighted by Crippen LogP contribution is 2.38. The molecule has 7 nitrogen and oxygen atoms in total. The molecule has 0 heterocycles. The van der Waals surface area contributed by atoms with Gasteiger partial charge in [0.2, 0.25) is 5.75 Å². The quantitative estimate of drug-likeness (QED) is 0.610. The third kappa shape index (κ3) is 2.44. The number of benzene rings is 1. The minimum Gasteiger partial charge on any atom is -0.500 e. The molecule has 0 spiro atoms. The number of carbonyl (C=O) groups is 1. The van der Waals surface area contributed by atoms with E-state index < -0.39 is 28.2 Å². The minimum atomic E-state index is -1.12. The van der Waals surface area contributed by atoms with E-state index in [-0.39, 0.29) is 11.3 Å². The van der Waals surface area contributed by atoms with Crippen LogP contribution in [0.25, 0.3) is 0 Å². The number of ether oxygens (including phenoxy) is 1. The Bertz CT molecular complexity index is 470. The predicted octanol–water partition coefficient (Wildman–Crippen LogP) is 1.50. The zero-order chi connectivity index (χ0) is 13.2. The molecule has 1 atom stereocenters. The highest BCUT2D eigenvalue weighted by molar-refractivity contribution is 5.76.